The fourth-order valence-corrected chi connectivity index (χ4v) is 1.52. The van der Waals surface area contributed by atoms with Gasteiger partial charge in [0.25, 0.3) is 0 Å². The van der Waals surface area contributed by atoms with E-state index in [-0.39, 0.29) is 6.04 Å². The molecule has 1 aromatic rings. The monoisotopic (exact) mass is 253 g/mol. The van der Waals surface area contributed by atoms with Gasteiger partial charge in [-0.25, -0.2) is 4.98 Å². The molecule has 0 amide bonds. The van der Waals surface area contributed by atoms with Gasteiger partial charge in [0.15, 0.2) is 0 Å². The highest BCUT2D eigenvalue weighted by atomic mass is 32.1. The van der Waals surface area contributed by atoms with Gasteiger partial charge in [0.2, 0.25) is 0 Å². The second-order valence-corrected chi connectivity index (χ2v) is 4.69. The zero-order valence-electron chi connectivity index (χ0n) is 10.4. The number of pyridine rings is 1. The maximum atomic E-state index is 5.51. The van der Waals surface area contributed by atoms with Crippen LogP contribution in [0.25, 0.3) is 0 Å². The van der Waals surface area contributed by atoms with Gasteiger partial charge in [-0.2, -0.15) is 0 Å². The van der Waals surface area contributed by atoms with Crippen LogP contribution >= 0.6 is 12.2 Å². The molecule has 0 aromatic carbocycles. The summed E-state index contributed by atoms with van der Waals surface area (Å²) >= 11 is 4.87. The summed E-state index contributed by atoms with van der Waals surface area (Å²) in [5.74, 6) is 1.27. The fourth-order valence-electron chi connectivity index (χ4n) is 1.40. The van der Waals surface area contributed by atoms with Crippen LogP contribution in [0.4, 0.5) is 5.82 Å². The Morgan fingerprint density at radius 3 is 2.65 bits per heavy atom. The molecule has 4 nitrogen and oxygen atoms in total. The van der Waals surface area contributed by atoms with Crippen LogP contribution in [0.15, 0.2) is 18.3 Å². The molecule has 3 N–H and O–H groups in total. The maximum Gasteiger partial charge on any atom is 0.126 e. The predicted molar refractivity (Wildman–Crippen MR) is 74.2 cm³/mol. The number of nitrogens with zero attached hydrogens (tertiary/aromatic N) is 1. The lowest BCUT2D eigenvalue weighted by molar-refractivity contribution is 0.171. The third kappa shape index (κ3) is 4.28. The topological polar surface area (TPSA) is 60.2 Å². The van der Waals surface area contributed by atoms with Crippen molar-refractivity contribution in [3.05, 3.63) is 23.9 Å². The first-order chi connectivity index (χ1) is 8.04. The summed E-state index contributed by atoms with van der Waals surface area (Å²) in [6.07, 6.45) is 1.68. The molecule has 1 aromatic heterocycles. The molecule has 0 aliphatic rings. The summed E-state index contributed by atoms with van der Waals surface area (Å²) in [6, 6.07) is 3.98. The average Bonchev–Trinajstić information content (AvgIpc) is 2.29. The van der Waals surface area contributed by atoms with Gasteiger partial charge in [0, 0.05) is 18.9 Å². The van der Waals surface area contributed by atoms with Gasteiger partial charge < -0.3 is 15.8 Å². The molecular weight excluding hydrogens is 234 g/mol. The molecule has 1 atom stereocenters. The zero-order chi connectivity index (χ0) is 12.8. The number of nitrogens with one attached hydrogen (secondary N) is 1. The molecule has 1 heterocycles. The standard InChI is InChI=1S/C12H19N3OS/c1-8(2)10(7-16-3)15-11-5-4-9(6-14-11)12(13)17/h4-6,8,10H,7H2,1-3H3,(H2,13,17)(H,14,15). The Labute approximate surface area is 108 Å². The second kappa shape index (κ2) is 6.51. The lowest BCUT2D eigenvalue weighted by Crippen LogP contribution is -2.30. The molecule has 0 saturated carbocycles. The van der Waals surface area contributed by atoms with Crippen LogP contribution in [0.2, 0.25) is 0 Å². The maximum absolute atomic E-state index is 5.51. The molecule has 1 rings (SSSR count). The van der Waals surface area contributed by atoms with Crippen molar-refractivity contribution in [2.45, 2.75) is 19.9 Å². The molecule has 94 valence electrons. The van der Waals surface area contributed by atoms with E-state index in [9.17, 15) is 0 Å². The van der Waals surface area contributed by atoms with Crippen molar-refractivity contribution in [1.29, 1.82) is 0 Å². The largest absolute Gasteiger partial charge is 0.389 e. The molecule has 0 fully saturated rings. The molecule has 0 spiro atoms. The number of ether oxygens (including phenoxy) is 1. The minimum absolute atomic E-state index is 0.239. The number of nitrogens with two attached hydrogens (primary N) is 1. The summed E-state index contributed by atoms with van der Waals surface area (Å²) in [5.41, 5.74) is 6.29. The lowest BCUT2D eigenvalue weighted by atomic mass is 10.1. The van der Waals surface area contributed by atoms with E-state index in [0.717, 1.165) is 11.4 Å². The quantitative estimate of drug-likeness (QED) is 0.757. The van der Waals surface area contributed by atoms with E-state index in [1.54, 1.807) is 13.3 Å². The van der Waals surface area contributed by atoms with Crippen molar-refractivity contribution < 1.29 is 4.74 Å². The number of rotatable bonds is 6. The minimum atomic E-state index is 0.239. The van der Waals surface area contributed by atoms with Gasteiger partial charge in [-0.05, 0) is 18.1 Å². The Bertz CT molecular complexity index is 365. The molecular formula is C12H19N3OS. The van der Waals surface area contributed by atoms with Gasteiger partial charge >= 0.3 is 0 Å². The van der Waals surface area contributed by atoms with Crippen molar-refractivity contribution in [3.63, 3.8) is 0 Å². The highest BCUT2D eigenvalue weighted by Crippen LogP contribution is 2.11. The molecule has 5 heteroatoms. The van der Waals surface area contributed by atoms with Crippen LogP contribution in [-0.4, -0.2) is 29.7 Å². The van der Waals surface area contributed by atoms with Crippen molar-refractivity contribution in [1.82, 2.24) is 4.98 Å². The number of aromatic nitrogens is 1. The number of anilines is 1. The van der Waals surface area contributed by atoms with Crippen molar-refractivity contribution >= 4 is 23.0 Å². The van der Waals surface area contributed by atoms with E-state index in [4.69, 9.17) is 22.7 Å². The third-order valence-electron chi connectivity index (χ3n) is 2.53. The first-order valence-electron chi connectivity index (χ1n) is 5.56. The second-order valence-electron chi connectivity index (χ2n) is 4.25. The highest BCUT2D eigenvalue weighted by molar-refractivity contribution is 7.80. The smallest absolute Gasteiger partial charge is 0.126 e. The Balaban J connectivity index is 2.69. The Kier molecular flexibility index (Phi) is 5.31. The molecule has 0 bridgehead atoms. The highest BCUT2D eigenvalue weighted by Gasteiger charge is 2.13. The van der Waals surface area contributed by atoms with Crippen molar-refractivity contribution in [2.75, 3.05) is 19.0 Å². The molecule has 0 aliphatic heterocycles. The summed E-state index contributed by atoms with van der Waals surface area (Å²) in [4.78, 5) is 4.63. The summed E-state index contributed by atoms with van der Waals surface area (Å²) in [6.45, 7) is 4.93. The van der Waals surface area contributed by atoms with Crippen LogP contribution in [0.3, 0.4) is 0 Å². The number of hydrogen-bond acceptors (Lipinski definition) is 4. The first-order valence-corrected chi connectivity index (χ1v) is 5.96. The zero-order valence-corrected chi connectivity index (χ0v) is 11.3. The molecule has 0 aliphatic carbocycles. The summed E-state index contributed by atoms with van der Waals surface area (Å²) in [7, 11) is 1.69. The Hall–Kier alpha value is -1.20. The number of thiocarbonyl (C=S) groups is 1. The summed E-state index contributed by atoms with van der Waals surface area (Å²) < 4.78 is 5.17. The first kappa shape index (κ1) is 13.9. The number of methoxy groups -OCH3 is 1. The molecule has 0 radical (unpaired) electrons. The minimum Gasteiger partial charge on any atom is -0.389 e. The number of hydrogen-bond donors (Lipinski definition) is 2. The van der Waals surface area contributed by atoms with Crippen LogP contribution in [-0.2, 0) is 4.74 Å². The molecule has 17 heavy (non-hydrogen) atoms. The van der Waals surface area contributed by atoms with E-state index >= 15 is 0 Å². The third-order valence-corrected chi connectivity index (χ3v) is 2.77. The predicted octanol–water partition coefficient (Wildman–Crippen LogP) is 1.80. The molecule has 1 unspecified atom stereocenters. The van der Waals surface area contributed by atoms with E-state index < -0.39 is 0 Å². The van der Waals surface area contributed by atoms with Crippen LogP contribution in [0, 0.1) is 5.92 Å². The van der Waals surface area contributed by atoms with Gasteiger partial charge in [0.1, 0.15) is 10.8 Å². The summed E-state index contributed by atoms with van der Waals surface area (Å²) in [5, 5.41) is 3.33. The van der Waals surface area contributed by atoms with Crippen molar-refractivity contribution in [3.8, 4) is 0 Å². The van der Waals surface area contributed by atoms with Gasteiger partial charge in [-0.3, -0.25) is 0 Å². The fraction of sp³-hybridized carbons (Fsp3) is 0.500. The average molecular weight is 253 g/mol. The van der Waals surface area contributed by atoms with E-state index in [1.807, 2.05) is 12.1 Å². The normalized spacial score (nSPS) is 12.5. The van der Waals surface area contributed by atoms with Gasteiger partial charge in [-0.15, -0.1) is 0 Å². The van der Waals surface area contributed by atoms with Gasteiger partial charge in [0.05, 0.1) is 12.6 Å². The van der Waals surface area contributed by atoms with Crippen LogP contribution in [0.1, 0.15) is 19.4 Å². The van der Waals surface area contributed by atoms with E-state index in [0.29, 0.717) is 17.5 Å². The van der Waals surface area contributed by atoms with E-state index in [1.165, 1.54) is 0 Å². The SMILES string of the molecule is COCC(Nc1ccc(C(N)=S)cn1)C(C)C. The van der Waals surface area contributed by atoms with Crippen LogP contribution in [0.5, 0.6) is 0 Å². The van der Waals surface area contributed by atoms with Gasteiger partial charge in [-0.1, -0.05) is 26.1 Å². The Morgan fingerprint density at radius 2 is 2.24 bits per heavy atom. The van der Waals surface area contributed by atoms with Crippen molar-refractivity contribution in [2.24, 2.45) is 11.7 Å². The Morgan fingerprint density at radius 1 is 1.53 bits per heavy atom. The lowest BCUT2D eigenvalue weighted by Gasteiger charge is -2.22. The van der Waals surface area contributed by atoms with Crippen LogP contribution < -0.4 is 11.1 Å². The molecule has 0 saturated heterocycles. The van der Waals surface area contributed by atoms with E-state index in [2.05, 4.69) is 24.1 Å².